The van der Waals surface area contributed by atoms with Gasteiger partial charge in [0.25, 0.3) is 5.91 Å². The molecule has 0 fully saturated rings. The van der Waals surface area contributed by atoms with Gasteiger partial charge < -0.3 is 5.32 Å². The third-order valence-corrected chi connectivity index (χ3v) is 5.58. The molecule has 0 aliphatic heterocycles. The summed E-state index contributed by atoms with van der Waals surface area (Å²) in [5.41, 5.74) is 1.16. The Morgan fingerprint density at radius 2 is 2.05 bits per heavy atom. The molecule has 1 heterocycles. The summed E-state index contributed by atoms with van der Waals surface area (Å²) in [5.74, 6) is -0.247. The van der Waals surface area contributed by atoms with Gasteiger partial charge in [-0.2, -0.15) is 0 Å². The lowest BCUT2D eigenvalue weighted by molar-refractivity contribution is 0.0935. The second-order valence-electron chi connectivity index (χ2n) is 5.20. The second kappa shape index (κ2) is 6.62. The zero-order chi connectivity index (χ0) is 16.3. The van der Waals surface area contributed by atoms with E-state index in [1.54, 1.807) is 24.3 Å². The lowest BCUT2D eigenvalue weighted by Crippen LogP contribution is -2.28. The molecule has 2 aromatic rings. The molecule has 22 heavy (non-hydrogen) atoms. The largest absolute Gasteiger partial charge is 0.344 e. The maximum Gasteiger partial charge on any atom is 0.252 e. The summed E-state index contributed by atoms with van der Waals surface area (Å²) in [6.07, 6.45) is 1.91. The monoisotopic (exact) mass is 337 g/mol. The van der Waals surface area contributed by atoms with Crippen molar-refractivity contribution in [3.05, 3.63) is 51.7 Å². The van der Waals surface area contributed by atoms with Gasteiger partial charge in [-0.1, -0.05) is 19.1 Å². The van der Waals surface area contributed by atoms with Gasteiger partial charge >= 0.3 is 0 Å². The second-order valence-corrected chi connectivity index (χ2v) is 8.19. The molecule has 0 radical (unpaired) electrons. The Morgan fingerprint density at radius 3 is 2.59 bits per heavy atom. The van der Waals surface area contributed by atoms with E-state index in [0.717, 1.165) is 23.1 Å². The number of rotatable bonds is 5. The predicted octanol–water partition coefficient (Wildman–Crippen LogP) is 3.34. The van der Waals surface area contributed by atoms with Crippen LogP contribution in [0.15, 0.2) is 40.6 Å². The number of amides is 1. The maximum atomic E-state index is 12.5. The fourth-order valence-electron chi connectivity index (χ4n) is 2.18. The fraction of sp³-hybridized carbons (Fsp3) is 0.312. The number of benzene rings is 1. The van der Waals surface area contributed by atoms with Gasteiger partial charge in [0.05, 0.1) is 10.9 Å². The molecule has 1 N–H and O–H groups in total. The van der Waals surface area contributed by atoms with E-state index in [1.165, 1.54) is 12.1 Å². The van der Waals surface area contributed by atoms with Crippen molar-refractivity contribution in [3.8, 4) is 0 Å². The first-order chi connectivity index (χ1) is 10.3. The lowest BCUT2D eigenvalue weighted by Gasteiger charge is -2.16. The molecule has 0 aliphatic carbocycles. The standard InChI is InChI=1S/C16H19NO3S2/c1-4-14(15-6-5-9-21-15)17-16(18)13-10-12(22(3,19)20)8-7-11(13)2/h5-10,14H,4H2,1-3H3,(H,17,18). The SMILES string of the molecule is CCC(NC(=O)c1cc(S(C)(=O)=O)ccc1C)c1cccs1. The quantitative estimate of drug-likeness (QED) is 0.910. The van der Waals surface area contributed by atoms with Crippen molar-refractivity contribution >= 4 is 27.1 Å². The van der Waals surface area contributed by atoms with Crippen LogP contribution in [0.3, 0.4) is 0 Å². The van der Waals surface area contributed by atoms with E-state index in [4.69, 9.17) is 0 Å². The van der Waals surface area contributed by atoms with Crippen molar-refractivity contribution in [2.24, 2.45) is 0 Å². The third kappa shape index (κ3) is 3.75. The van der Waals surface area contributed by atoms with Crippen LogP contribution >= 0.6 is 11.3 Å². The summed E-state index contributed by atoms with van der Waals surface area (Å²) in [7, 11) is -3.33. The van der Waals surface area contributed by atoms with Crippen LogP contribution in [-0.2, 0) is 9.84 Å². The molecule has 4 nitrogen and oxygen atoms in total. The van der Waals surface area contributed by atoms with E-state index in [-0.39, 0.29) is 16.8 Å². The van der Waals surface area contributed by atoms with Gasteiger partial charge in [0.2, 0.25) is 0 Å². The van der Waals surface area contributed by atoms with Crippen LogP contribution < -0.4 is 5.32 Å². The lowest BCUT2D eigenvalue weighted by atomic mass is 10.1. The number of hydrogen-bond acceptors (Lipinski definition) is 4. The number of sulfone groups is 1. The zero-order valence-electron chi connectivity index (χ0n) is 12.8. The number of carbonyl (C=O) groups is 1. The summed E-state index contributed by atoms with van der Waals surface area (Å²) < 4.78 is 23.3. The number of thiophene rings is 1. The van der Waals surface area contributed by atoms with Crippen LogP contribution in [0.1, 0.15) is 40.2 Å². The zero-order valence-corrected chi connectivity index (χ0v) is 14.4. The summed E-state index contributed by atoms with van der Waals surface area (Å²) >= 11 is 1.59. The molecule has 1 amide bonds. The fourth-order valence-corrected chi connectivity index (χ4v) is 3.68. The summed E-state index contributed by atoms with van der Waals surface area (Å²) in [6, 6.07) is 8.51. The highest BCUT2D eigenvalue weighted by Gasteiger charge is 2.18. The van der Waals surface area contributed by atoms with Crippen LogP contribution in [0.4, 0.5) is 0 Å². The van der Waals surface area contributed by atoms with Gasteiger partial charge in [0.15, 0.2) is 9.84 Å². The first-order valence-corrected chi connectivity index (χ1v) is 9.75. The highest BCUT2D eigenvalue weighted by Crippen LogP contribution is 2.23. The van der Waals surface area contributed by atoms with Crippen LogP contribution in [-0.4, -0.2) is 20.6 Å². The van der Waals surface area contributed by atoms with Gasteiger partial charge in [-0.3, -0.25) is 4.79 Å². The first-order valence-electron chi connectivity index (χ1n) is 6.98. The third-order valence-electron chi connectivity index (χ3n) is 3.48. The average Bonchev–Trinajstić information content (AvgIpc) is 2.97. The van der Waals surface area contributed by atoms with Gasteiger partial charge in [-0.25, -0.2) is 8.42 Å². The topological polar surface area (TPSA) is 63.2 Å². The van der Waals surface area contributed by atoms with Gasteiger partial charge in [0, 0.05) is 16.7 Å². The van der Waals surface area contributed by atoms with Crippen molar-refractivity contribution in [1.29, 1.82) is 0 Å². The molecule has 0 bridgehead atoms. The number of hydrogen-bond donors (Lipinski definition) is 1. The molecule has 6 heteroatoms. The van der Waals surface area contributed by atoms with E-state index in [9.17, 15) is 13.2 Å². The van der Waals surface area contributed by atoms with Crippen molar-refractivity contribution in [2.45, 2.75) is 31.2 Å². The van der Waals surface area contributed by atoms with Gasteiger partial charge in [0.1, 0.15) is 0 Å². The molecular formula is C16H19NO3S2. The van der Waals surface area contributed by atoms with Crippen LogP contribution in [0.5, 0.6) is 0 Å². The van der Waals surface area contributed by atoms with Crippen molar-refractivity contribution in [3.63, 3.8) is 0 Å². The molecule has 0 saturated heterocycles. The van der Waals surface area contributed by atoms with Crippen LogP contribution in [0.2, 0.25) is 0 Å². The van der Waals surface area contributed by atoms with Crippen molar-refractivity contribution < 1.29 is 13.2 Å². The number of carbonyl (C=O) groups excluding carboxylic acids is 1. The number of aryl methyl sites for hydroxylation is 1. The summed E-state index contributed by atoms with van der Waals surface area (Å²) in [4.78, 5) is 13.8. The normalized spacial score (nSPS) is 12.9. The molecule has 0 saturated carbocycles. The molecule has 1 unspecified atom stereocenters. The Bertz CT molecular complexity index is 765. The van der Waals surface area contributed by atoms with E-state index in [0.29, 0.717) is 5.56 Å². The van der Waals surface area contributed by atoms with Gasteiger partial charge in [-0.05, 0) is 42.5 Å². The van der Waals surface area contributed by atoms with E-state index < -0.39 is 9.84 Å². The van der Waals surface area contributed by atoms with Crippen LogP contribution in [0, 0.1) is 6.92 Å². The summed E-state index contributed by atoms with van der Waals surface area (Å²) in [5, 5.41) is 4.95. The molecule has 118 valence electrons. The first kappa shape index (κ1) is 16.7. The maximum absolute atomic E-state index is 12.5. The Morgan fingerprint density at radius 1 is 1.32 bits per heavy atom. The number of nitrogens with one attached hydrogen (secondary N) is 1. The average molecular weight is 337 g/mol. The molecular weight excluding hydrogens is 318 g/mol. The Kier molecular flexibility index (Phi) is 5.03. The smallest absolute Gasteiger partial charge is 0.252 e. The minimum Gasteiger partial charge on any atom is -0.344 e. The Hall–Kier alpha value is -1.66. The van der Waals surface area contributed by atoms with E-state index >= 15 is 0 Å². The van der Waals surface area contributed by atoms with E-state index in [2.05, 4.69) is 5.32 Å². The predicted molar refractivity (Wildman–Crippen MR) is 89.1 cm³/mol. The minimum atomic E-state index is -3.33. The van der Waals surface area contributed by atoms with E-state index in [1.807, 2.05) is 24.4 Å². The Labute approximate surface area is 135 Å². The van der Waals surface area contributed by atoms with Crippen LogP contribution in [0.25, 0.3) is 0 Å². The molecule has 1 atom stereocenters. The highest BCUT2D eigenvalue weighted by molar-refractivity contribution is 7.90. The molecule has 1 aromatic heterocycles. The Balaban J connectivity index is 2.29. The summed E-state index contributed by atoms with van der Waals surface area (Å²) in [6.45, 7) is 3.80. The molecule has 0 aliphatic rings. The van der Waals surface area contributed by atoms with Gasteiger partial charge in [-0.15, -0.1) is 11.3 Å². The molecule has 2 rings (SSSR count). The van der Waals surface area contributed by atoms with Crippen molar-refractivity contribution in [1.82, 2.24) is 5.32 Å². The molecule has 1 aromatic carbocycles. The minimum absolute atomic E-state index is 0.0613. The highest BCUT2D eigenvalue weighted by atomic mass is 32.2. The van der Waals surface area contributed by atoms with Crippen molar-refractivity contribution in [2.75, 3.05) is 6.26 Å². The molecule has 0 spiro atoms.